The summed E-state index contributed by atoms with van der Waals surface area (Å²) in [5.41, 5.74) is 2.39. The quantitative estimate of drug-likeness (QED) is 0.764. The van der Waals surface area contributed by atoms with Crippen molar-refractivity contribution in [2.24, 2.45) is 0 Å². The number of aromatic nitrogens is 2. The molecule has 4 rings (SSSR count). The van der Waals surface area contributed by atoms with E-state index < -0.39 is 11.8 Å². The number of alkyl halides is 2. The molecule has 1 aromatic heterocycles. The molecule has 0 atom stereocenters. The molecule has 0 unspecified atom stereocenters. The van der Waals surface area contributed by atoms with Crippen LogP contribution < -0.4 is 10.6 Å². The van der Waals surface area contributed by atoms with Crippen molar-refractivity contribution in [3.63, 3.8) is 0 Å². The van der Waals surface area contributed by atoms with Crippen LogP contribution in [-0.4, -0.2) is 15.5 Å². The van der Waals surface area contributed by atoms with Crippen LogP contribution in [0.4, 0.5) is 20.2 Å². The van der Waals surface area contributed by atoms with Gasteiger partial charge in [-0.05, 0) is 35.9 Å². The van der Waals surface area contributed by atoms with E-state index in [1.54, 1.807) is 18.6 Å². The minimum atomic E-state index is -3.49. The number of amides is 1. The topological polar surface area (TPSA) is 59.0 Å². The number of nitrogens with one attached hydrogen (secondary N) is 2. The molecule has 25 heavy (non-hydrogen) atoms. The maximum atomic E-state index is 13.8. The highest BCUT2D eigenvalue weighted by Crippen LogP contribution is 2.41. The second kappa shape index (κ2) is 5.70. The average Bonchev–Trinajstić information content (AvgIpc) is 3.22. The van der Waals surface area contributed by atoms with Crippen LogP contribution in [0.2, 0.25) is 0 Å². The van der Waals surface area contributed by atoms with Crippen molar-refractivity contribution >= 4 is 17.3 Å². The molecule has 0 fully saturated rings. The second-order valence-corrected chi connectivity index (χ2v) is 5.78. The largest absolute Gasteiger partial charge is 0.381 e. The summed E-state index contributed by atoms with van der Waals surface area (Å²) in [5.74, 6) is -4.77. The van der Waals surface area contributed by atoms with Gasteiger partial charge in [-0.15, -0.1) is 0 Å². The highest BCUT2D eigenvalue weighted by Gasteiger charge is 2.48. The van der Waals surface area contributed by atoms with Gasteiger partial charge in [0.25, 0.3) is 5.91 Å². The molecule has 1 aliphatic rings. The van der Waals surface area contributed by atoms with Crippen molar-refractivity contribution in [3.05, 3.63) is 72.3 Å². The van der Waals surface area contributed by atoms with Crippen LogP contribution in [0.25, 0.3) is 5.69 Å². The maximum Gasteiger partial charge on any atom is 0.352 e. The Balaban J connectivity index is 1.47. The Labute approximate surface area is 142 Å². The van der Waals surface area contributed by atoms with Gasteiger partial charge in [0.1, 0.15) is 0 Å². The molecule has 1 amide bonds. The molecule has 0 bridgehead atoms. The lowest BCUT2D eigenvalue weighted by molar-refractivity contribution is -0.139. The summed E-state index contributed by atoms with van der Waals surface area (Å²) in [7, 11) is 0. The Bertz CT molecular complexity index is 921. The third-order valence-electron chi connectivity index (χ3n) is 4.13. The summed E-state index contributed by atoms with van der Waals surface area (Å²) in [6, 6.07) is 12.3. The summed E-state index contributed by atoms with van der Waals surface area (Å²) in [5, 5.41) is 5.29. The van der Waals surface area contributed by atoms with Crippen molar-refractivity contribution in [1.82, 2.24) is 9.55 Å². The van der Waals surface area contributed by atoms with E-state index in [1.807, 2.05) is 35.0 Å². The average molecular weight is 340 g/mol. The summed E-state index contributed by atoms with van der Waals surface area (Å²) in [4.78, 5) is 15.3. The first-order valence-electron chi connectivity index (χ1n) is 7.69. The van der Waals surface area contributed by atoms with Gasteiger partial charge in [-0.1, -0.05) is 12.1 Å². The first kappa shape index (κ1) is 15.3. The van der Waals surface area contributed by atoms with Gasteiger partial charge in [0.15, 0.2) is 0 Å². The van der Waals surface area contributed by atoms with Crippen LogP contribution >= 0.6 is 0 Å². The fourth-order valence-corrected chi connectivity index (χ4v) is 2.75. The molecule has 1 aliphatic heterocycles. The zero-order valence-corrected chi connectivity index (χ0v) is 13.0. The van der Waals surface area contributed by atoms with Crippen LogP contribution in [0.3, 0.4) is 0 Å². The molecular formula is C18H14F2N4O. The van der Waals surface area contributed by atoms with Gasteiger partial charge in [0, 0.05) is 30.3 Å². The van der Waals surface area contributed by atoms with Crippen molar-refractivity contribution in [1.29, 1.82) is 0 Å². The van der Waals surface area contributed by atoms with Gasteiger partial charge in [0.2, 0.25) is 0 Å². The maximum absolute atomic E-state index is 13.8. The molecular weight excluding hydrogens is 326 g/mol. The molecule has 7 heteroatoms. The normalized spacial score (nSPS) is 14.9. The molecule has 5 nitrogen and oxygen atoms in total. The Morgan fingerprint density at radius 2 is 1.96 bits per heavy atom. The number of anilines is 2. The van der Waals surface area contributed by atoms with Crippen molar-refractivity contribution in [2.45, 2.75) is 12.5 Å². The fraction of sp³-hybridized carbons (Fsp3) is 0.111. The van der Waals surface area contributed by atoms with E-state index in [2.05, 4.69) is 15.6 Å². The van der Waals surface area contributed by atoms with Crippen molar-refractivity contribution in [3.8, 4) is 5.69 Å². The number of fused-ring (bicyclic) bond motifs is 1. The number of rotatable bonds is 4. The highest BCUT2D eigenvalue weighted by molar-refractivity contribution is 6.04. The number of benzene rings is 2. The Morgan fingerprint density at radius 3 is 2.68 bits per heavy atom. The minimum absolute atomic E-state index is 0.158. The van der Waals surface area contributed by atoms with Crippen LogP contribution in [0.5, 0.6) is 0 Å². The lowest BCUT2D eigenvalue weighted by Gasteiger charge is -2.11. The van der Waals surface area contributed by atoms with E-state index in [4.69, 9.17) is 0 Å². The van der Waals surface area contributed by atoms with Crippen molar-refractivity contribution < 1.29 is 13.6 Å². The number of carbonyl (C=O) groups excluding carboxylic acids is 1. The van der Waals surface area contributed by atoms with Gasteiger partial charge >= 0.3 is 5.92 Å². The molecule has 0 spiro atoms. The zero-order valence-electron chi connectivity index (χ0n) is 13.0. The molecule has 0 aliphatic carbocycles. The van der Waals surface area contributed by atoms with E-state index in [-0.39, 0.29) is 11.3 Å². The van der Waals surface area contributed by atoms with E-state index in [1.165, 1.54) is 12.1 Å². The van der Waals surface area contributed by atoms with Crippen LogP contribution in [0.1, 0.15) is 11.1 Å². The number of imidazole rings is 1. The van der Waals surface area contributed by atoms with Gasteiger partial charge < -0.3 is 15.2 Å². The minimum Gasteiger partial charge on any atom is -0.381 e. The van der Waals surface area contributed by atoms with Crippen LogP contribution in [-0.2, 0) is 17.3 Å². The zero-order chi connectivity index (χ0) is 17.4. The van der Waals surface area contributed by atoms with Gasteiger partial charge in [-0.2, -0.15) is 8.78 Å². The lowest BCUT2D eigenvalue weighted by Crippen LogP contribution is -2.23. The molecule has 0 radical (unpaired) electrons. The van der Waals surface area contributed by atoms with Crippen LogP contribution in [0, 0.1) is 0 Å². The number of hydrogen-bond donors (Lipinski definition) is 2. The fourth-order valence-electron chi connectivity index (χ4n) is 2.75. The number of nitrogens with zero attached hydrogens (tertiary/aromatic N) is 2. The standard InChI is InChI=1S/C18H14F2N4O/c19-18(20)15-9-13(3-6-16(15)23-17(18)25)22-10-12-1-4-14(5-2-12)24-8-7-21-11-24/h1-9,11,22H,10H2,(H,23,25). The summed E-state index contributed by atoms with van der Waals surface area (Å²) < 4.78 is 29.5. The monoisotopic (exact) mass is 340 g/mol. The Morgan fingerprint density at radius 1 is 1.16 bits per heavy atom. The lowest BCUT2D eigenvalue weighted by atomic mass is 10.1. The van der Waals surface area contributed by atoms with Crippen molar-refractivity contribution in [2.75, 3.05) is 10.6 Å². The highest BCUT2D eigenvalue weighted by atomic mass is 19.3. The molecule has 2 aromatic carbocycles. The second-order valence-electron chi connectivity index (χ2n) is 5.78. The molecule has 3 aromatic rings. The SMILES string of the molecule is O=C1Nc2ccc(NCc3ccc(-n4ccnc4)cc3)cc2C1(F)F. The third kappa shape index (κ3) is 2.73. The smallest absolute Gasteiger partial charge is 0.352 e. The predicted octanol–water partition coefficient (Wildman–Crippen LogP) is 3.53. The molecule has 2 N–H and O–H groups in total. The first-order valence-corrected chi connectivity index (χ1v) is 7.69. The summed E-state index contributed by atoms with van der Waals surface area (Å²) in [6.07, 6.45) is 5.28. The van der Waals surface area contributed by atoms with Gasteiger partial charge in [-0.25, -0.2) is 4.98 Å². The number of halogens is 2. The summed E-state index contributed by atoms with van der Waals surface area (Å²) >= 11 is 0. The third-order valence-corrected chi connectivity index (χ3v) is 4.13. The molecule has 126 valence electrons. The number of carbonyl (C=O) groups is 1. The Hall–Kier alpha value is -3.22. The first-order chi connectivity index (χ1) is 12.0. The molecule has 2 heterocycles. The van der Waals surface area contributed by atoms with E-state index >= 15 is 0 Å². The van der Waals surface area contributed by atoms with E-state index in [0.717, 1.165) is 11.3 Å². The predicted molar refractivity (Wildman–Crippen MR) is 89.9 cm³/mol. The van der Waals surface area contributed by atoms with Gasteiger partial charge in [0.05, 0.1) is 17.6 Å². The summed E-state index contributed by atoms with van der Waals surface area (Å²) in [6.45, 7) is 0.482. The molecule has 0 saturated carbocycles. The van der Waals surface area contributed by atoms with E-state index in [9.17, 15) is 13.6 Å². The molecule has 0 saturated heterocycles. The van der Waals surface area contributed by atoms with E-state index in [0.29, 0.717) is 12.2 Å². The number of hydrogen-bond acceptors (Lipinski definition) is 3. The van der Waals surface area contributed by atoms with Crippen LogP contribution in [0.15, 0.2) is 61.2 Å². The Kier molecular flexibility index (Phi) is 3.49. The van der Waals surface area contributed by atoms with Gasteiger partial charge in [-0.3, -0.25) is 4.79 Å².